The molecule has 20 heavy (non-hydrogen) atoms. The summed E-state index contributed by atoms with van der Waals surface area (Å²) in [5.41, 5.74) is 8.56. The Bertz CT molecular complexity index is 507. The van der Waals surface area contributed by atoms with Crippen molar-refractivity contribution in [3.8, 4) is 0 Å². The normalized spacial score (nSPS) is 12.8. The second-order valence-corrected chi connectivity index (χ2v) is 5.33. The first kappa shape index (κ1) is 14.8. The van der Waals surface area contributed by atoms with E-state index in [1.165, 1.54) is 11.1 Å². The van der Waals surface area contributed by atoms with E-state index in [4.69, 9.17) is 10.2 Å². The molecule has 1 atom stereocenters. The highest BCUT2D eigenvalue weighted by atomic mass is 16.3. The molecule has 0 aliphatic carbocycles. The van der Waals surface area contributed by atoms with Crippen LogP contribution < -0.4 is 5.73 Å². The molecule has 1 heterocycles. The third kappa shape index (κ3) is 3.95. The topological polar surface area (TPSA) is 42.4 Å². The van der Waals surface area contributed by atoms with Gasteiger partial charge in [0, 0.05) is 24.7 Å². The van der Waals surface area contributed by atoms with Crippen molar-refractivity contribution in [2.75, 3.05) is 13.6 Å². The number of likely N-dealkylation sites (N-methyl/N-ethyl adjacent to an activating group) is 1. The fourth-order valence-electron chi connectivity index (χ4n) is 2.47. The molecule has 0 aliphatic rings. The predicted molar refractivity (Wildman–Crippen MR) is 82.5 cm³/mol. The van der Waals surface area contributed by atoms with Crippen LogP contribution >= 0.6 is 0 Å². The van der Waals surface area contributed by atoms with Gasteiger partial charge in [-0.15, -0.1) is 0 Å². The minimum atomic E-state index is 0.393. The Morgan fingerprint density at radius 3 is 2.55 bits per heavy atom. The van der Waals surface area contributed by atoms with E-state index in [0.717, 1.165) is 25.1 Å². The molecule has 1 aromatic heterocycles. The minimum absolute atomic E-state index is 0.393. The van der Waals surface area contributed by atoms with Crippen LogP contribution in [0.5, 0.6) is 0 Å². The summed E-state index contributed by atoms with van der Waals surface area (Å²) < 4.78 is 5.35. The number of benzene rings is 1. The minimum Gasteiger partial charge on any atom is -0.469 e. The van der Waals surface area contributed by atoms with Crippen molar-refractivity contribution in [2.24, 2.45) is 5.73 Å². The fourth-order valence-corrected chi connectivity index (χ4v) is 2.47. The Morgan fingerprint density at radius 2 is 1.95 bits per heavy atom. The second-order valence-electron chi connectivity index (χ2n) is 5.33. The first-order valence-corrected chi connectivity index (χ1v) is 7.18. The summed E-state index contributed by atoms with van der Waals surface area (Å²) in [6.07, 6.45) is 3.89. The largest absolute Gasteiger partial charge is 0.469 e. The fraction of sp³-hybridized carbons (Fsp3) is 0.412. The van der Waals surface area contributed by atoms with Gasteiger partial charge >= 0.3 is 0 Å². The van der Waals surface area contributed by atoms with Gasteiger partial charge in [0.2, 0.25) is 0 Å². The lowest BCUT2D eigenvalue weighted by atomic mass is 10.0. The van der Waals surface area contributed by atoms with Crippen LogP contribution in [0.2, 0.25) is 0 Å². The van der Waals surface area contributed by atoms with E-state index in [0.29, 0.717) is 12.6 Å². The summed E-state index contributed by atoms with van der Waals surface area (Å²) in [6, 6.07) is 13.0. The number of hydrogen-bond donors (Lipinski definition) is 1. The van der Waals surface area contributed by atoms with Crippen LogP contribution in [0.3, 0.4) is 0 Å². The van der Waals surface area contributed by atoms with Gasteiger partial charge in [0.15, 0.2) is 0 Å². The molecule has 2 N–H and O–H groups in total. The summed E-state index contributed by atoms with van der Waals surface area (Å²) in [5, 5.41) is 0. The van der Waals surface area contributed by atoms with Crippen molar-refractivity contribution < 1.29 is 4.42 Å². The molecule has 0 fully saturated rings. The molecule has 0 saturated carbocycles. The Labute approximate surface area is 121 Å². The molecule has 0 spiro atoms. The van der Waals surface area contributed by atoms with Gasteiger partial charge in [0.05, 0.1) is 6.26 Å². The molecule has 3 heteroatoms. The van der Waals surface area contributed by atoms with Gasteiger partial charge < -0.3 is 10.2 Å². The lowest BCUT2D eigenvalue weighted by Gasteiger charge is -2.26. The maximum atomic E-state index is 5.94. The Hall–Kier alpha value is -1.58. The van der Waals surface area contributed by atoms with E-state index in [1.807, 2.05) is 13.0 Å². The number of rotatable bonds is 7. The van der Waals surface area contributed by atoms with Crippen LogP contribution in [-0.2, 0) is 13.0 Å². The van der Waals surface area contributed by atoms with Crippen molar-refractivity contribution in [3.63, 3.8) is 0 Å². The standard InChI is InChI=1S/C17H24N2O/c1-14-16(10-11-20-14)13-19(2)17(12-18)9-8-15-6-4-3-5-7-15/h3-7,10-11,17H,8-9,12-13,18H2,1-2H3. The first-order chi connectivity index (χ1) is 9.70. The van der Waals surface area contributed by atoms with Gasteiger partial charge in [-0.05, 0) is 38.4 Å². The summed E-state index contributed by atoms with van der Waals surface area (Å²) in [7, 11) is 2.13. The monoisotopic (exact) mass is 272 g/mol. The van der Waals surface area contributed by atoms with Crippen LogP contribution in [0.25, 0.3) is 0 Å². The lowest BCUT2D eigenvalue weighted by Crippen LogP contribution is -2.37. The van der Waals surface area contributed by atoms with Crippen molar-refractivity contribution >= 4 is 0 Å². The predicted octanol–water partition coefficient (Wildman–Crippen LogP) is 2.98. The van der Waals surface area contributed by atoms with Crippen LogP contribution in [0, 0.1) is 6.92 Å². The van der Waals surface area contributed by atoms with Crippen molar-refractivity contribution in [2.45, 2.75) is 32.4 Å². The molecule has 0 saturated heterocycles. The Morgan fingerprint density at radius 1 is 1.20 bits per heavy atom. The quantitative estimate of drug-likeness (QED) is 0.842. The molecular weight excluding hydrogens is 248 g/mol. The maximum absolute atomic E-state index is 5.94. The maximum Gasteiger partial charge on any atom is 0.105 e. The summed E-state index contributed by atoms with van der Waals surface area (Å²) in [4.78, 5) is 2.32. The second kappa shape index (κ2) is 7.27. The van der Waals surface area contributed by atoms with Crippen LogP contribution in [0.1, 0.15) is 23.3 Å². The molecule has 0 aliphatic heterocycles. The molecule has 0 radical (unpaired) electrons. The molecule has 1 unspecified atom stereocenters. The Balaban J connectivity index is 1.89. The SMILES string of the molecule is Cc1occc1CN(C)C(CN)CCc1ccccc1. The van der Waals surface area contributed by atoms with E-state index >= 15 is 0 Å². The smallest absolute Gasteiger partial charge is 0.105 e. The van der Waals surface area contributed by atoms with E-state index in [1.54, 1.807) is 6.26 Å². The van der Waals surface area contributed by atoms with Gasteiger partial charge in [0.25, 0.3) is 0 Å². The average Bonchev–Trinajstić information content (AvgIpc) is 2.86. The van der Waals surface area contributed by atoms with E-state index in [2.05, 4.69) is 42.3 Å². The number of nitrogens with zero attached hydrogens (tertiary/aromatic N) is 1. The van der Waals surface area contributed by atoms with Gasteiger partial charge in [-0.2, -0.15) is 0 Å². The molecule has 0 bridgehead atoms. The molecule has 1 aromatic carbocycles. The third-order valence-corrected chi connectivity index (χ3v) is 3.89. The first-order valence-electron chi connectivity index (χ1n) is 7.18. The number of hydrogen-bond acceptors (Lipinski definition) is 3. The molecular formula is C17H24N2O. The van der Waals surface area contributed by atoms with E-state index in [9.17, 15) is 0 Å². The van der Waals surface area contributed by atoms with Gasteiger partial charge in [-0.25, -0.2) is 0 Å². The van der Waals surface area contributed by atoms with Gasteiger partial charge in [0.1, 0.15) is 5.76 Å². The van der Waals surface area contributed by atoms with Gasteiger partial charge in [-0.1, -0.05) is 30.3 Å². The number of furan rings is 1. The number of nitrogens with two attached hydrogens (primary N) is 1. The summed E-state index contributed by atoms with van der Waals surface area (Å²) >= 11 is 0. The van der Waals surface area contributed by atoms with E-state index in [-0.39, 0.29) is 0 Å². The average molecular weight is 272 g/mol. The number of aryl methyl sites for hydroxylation is 2. The van der Waals surface area contributed by atoms with Crippen LogP contribution in [0.4, 0.5) is 0 Å². The van der Waals surface area contributed by atoms with E-state index < -0.39 is 0 Å². The van der Waals surface area contributed by atoms with Crippen molar-refractivity contribution in [3.05, 3.63) is 59.5 Å². The highest BCUT2D eigenvalue weighted by Gasteiger charge is 2.15. The lowest BCUT2D eigenvalue weighted by molar-refractivity contribution is 0.226. The summed E-state index contributed by atoms with van der Waals surface area (Å²) in [6.45, 7) is 3.57. The van der Waals surface area contributed by atoms with Crippen LogP contribution in [0.15, 0.2) is 47.1 Å². The molecule has 0 amide bonds. The third-order valence-electron chi connectivity index (χ3n) is 3.89. The van der Waals surface area contributed by atoms with Gasteiger partial charge in [-0.3, -0.25) is 4.90 Å². The highest BCUT2D eigenvalue weighted by molar-refractivity contribution is 5.16. The molecule has 2 rings (SSSR count). The highest BCUT2D eigenvalue weighted by Crippen LogP contribution is 2.15. The zero-order valence-electron chi connectivity index (χ0n) is 12.4. The summed E-state index contributed by atoms with van der Waals surface area (Å²) in [5.74, 6) is 0.996. The van der Waals surface area contributed by atoms with Crippen LogP contribution in [-0.4, -0.2) is 24.5 Å². The molecule has 2 aromatic rings. The Kier molecular flexibility index (Phi) is 5.39. The van der Waals surface area contributed by atoms with Crippen molar-refractivity contribution in [1.29, 1.82) is 0 Å². The molecule has 3 nitrogen and oxygen atoms in total. The zero-order valence-corrected chi connectivity index (χ0v) is 12.4. The van der Waals surface area contributed by atoms with Crippen molar-refractivity contribution in [1.82, 2.24) is 4.90 Å². The zero-order chi connectivity index (χ0) is 14.4. The molecule has 108 valence electrons.